The van der Waals surface area contributed by atoms with Crippen LogP contribution in [0.5, 0.6) is 0 Å². The predicted molar refractivity (Wildman–Crippen MR) is 66.0 cm³/mol. The number of hydrogen-bond acceptors (Lipinski definition) is 3. The second-order valence-corrected chi connectivity index (χ2v) is 5.44. The van der Waals surface area contributed by atoms with Gasteiger partial charge in [-0.25, -0.2) is 4.98 Å². The first-order chi connectivity index (χ1) is 9.08. The second kappa shape index (κ2) is 4.36. The molecule has 2 aliphatic carbocycles. The highest BCUT2D eigenvalue weighted by Gasteiger charge is 2.51. The fraction of sp³-hybridized carbons (Fsp3) is 0.615. The predicted octanol–water partition coefficient (Wildman–Crippen LogP) is 0.632. The fourth-order valence-corrected chi connectivity index (χ4v) is 2.43. The van der Waals surface area contributed by atoms with Crippen LogP contribution in [0.2, 0.25) is 0 Å². The summed E-state index contributed by atoms with van der Waals surface area (Å²) in [6.45, 7) is 0.482. The van der Waals surface area contributed by atoms with Gasteiger partial charge in [0.1, 0.15) is 5.82 Å². The zero-order chi connectivity index (χ0) is 13.6. The fourth-order valence-electron chi connectivity index (χ4n) is 2.43. The molecule has 0 spiro atoms. The Bertz CT molecular complexity index is 521. The molecule has 1 aromatic rings. The Labute approximate surface area is 111 Å². The van der Waals surface area contributed by atoms with E-state index in [-0.39, 0.29) is 17.9 Å². The molecule has 2 unspecified atom stereocenters. The van der Waals surface area contributed by atoms with Crippen LogP contribution in [0.3, 0.4) is 0 Å². The van der Waals surface area contributed by atoms with Crippen LogP contribution < -0.4 is 0 Å². The molecule has 2 fully saturated rings. The van der Waals surface area contributed by atoms with Gasteiger partial charge in [0.25, 0.3) is 0 Å². The Morgan fingerprint density at radius 3 is 2.68 bits per heavy atom. The van der Waals surface area contributed by atoms with Crippen molar-refractivity contribution in [3.05, 3.63) is 18.2 Å². The van der Waals surface area contributed by atoms with Crippen molar-refractivity contribution < 1.29 is 14.7 Å². The highest BCUT2D eigenvalue weighted by atomic mass is 16.4. The molecule has 2 saturated carbocycles. The lowest BCUT2D eigenvalue weighted by atomic mass is 10.2. The second-order valence-electron chi connectivity index (χ2n) is 5.44. The van der Waals surface area contributed by atoms with Crippen LogP contribution in [-0.2, 0) is 23.2 Å². The molecule has 102 valence electrons. The summed E-state index contributed by atoms with van der Waals surface area (Å²) in [5, 5.41) is 8.92. The number of aliphatic carboxylic acids is 1. The minimum absolute atomic E-state index is 0.0158. The van der Waals surface area contributed by atoms with Gasteiger partial charge in [0.05, 0.1) is 18.4 Å². The van der Waals surface area contributed by atoms with Gasteiger partial charge in [-0.1, -0.05) is 0 Å². The van der Waals surface area contributed by atoms with Gasteiger partial charge in [0.2, 0.25) is 5.91 Å². The van der Waals surface area contributed by atoms with Crippen LogP contribution in [-0.4, -0.2) is 37.5 Å². The Morgan fingerprint density at radius 1 is 1.47 bits per heavy atom. The third kappa shape index (κ3) is 2.34. The number of amides is 1. The van der Waals surface area contributed by atoms with E-state index in [1.54, 1.807) is 6.20 Å². The maximum atomic E-state index is 12.4. The molecular formula is C13H17N3O3. The molecule has 1 aromatic heterocycles. The zero-order valence-electron chi connectivity index (χ0n) is 10.8. The van der Waals surface area contributed by atoms with Gasteiger partial charge in [0, 0.05) is 25.5 Å². The van der Waals surface area contributed by atoms with Crippen molar-refractivity contribution in [3.63, 3.8) is 0 Å². The SMILES string of the molecule is Cn1ccnc1CN(C(=O)C1CC1C(=O)O)C1CC1. The first-order valence-corrected chi connectivity index (χ1v) is 6.57. The van der Waals surface area contributed by atoms with Crippen molar-refractivity contribution in [3.8, 4) is 0 Å². The number of carbonyl (C=O) groups excluding carboxylic acids is 1. The van der Waals surface area contributed by atoms with Gasteiger partial charge in [-0.2, -0.15) is 0 Å². The number of carboxylic acids is 1. The summed E-state index contributed by atoms with van der Waals surface area (Å²) in [6, 6.07) is 0.277. The van der Waals surface area contributed by atoms with Crippen molar-refractivity contribution >= 4 is 11.9 Å². The van der Waals surface area contributed by atoms with E-state index in [0.717, 1.165) is 18.7 Å². The summed E-state index contributed by atoms with van der Waals surface area (Å²) in [5.41, 5.74) is 0. The molecule has 19 heavy (non-hydrogen) atoms. The highest BCUT2D eigenvalue weighted by molar-refractivity contribution is 5.89. The molecule has 0 saturated heterocycles. The molecule has 1 amide bonds. The average molecular weight is 263 g/mol. The topological polar surface area (TPSA) is 75.4 Å². The van der Waals surface area contributed by atoms with E-state index in [2.05, 4.69) is 4.98 Å². The zero-order valence-corrected chi connectivity index (χ0v) is 10.8. The van der Waals surface area contributed by atoms with Crippen molar-refractivity contribution in [2.24, 2.45) is 18.9 Å². The van der Waals surface area contributed by atoms with Crippen LogP contribution >= 0.6 is 0 Å². The number of hydrogen-bond donors (Lipinski definition) is 1. The average Bonchev–Trinajstić information content (AvgIpc) is 3.24. The molecule has 2 atom stereocenters. The van der Waals surface area contributed by atoms with Crippen molar-refractivity contribution in [2.75, 3.05) is 0 Å². The third-order valence-electron chi connectivity index (χ3n) is 3.93. The minimum Gasteiger partial charge on any atom is -0.481 e. The summed E-state index contributed by atoms with van der Waals surface area (Å²) >= 11 is 0. The van der Waals surface area contributed by atoms with Gasteiger partial charge in [-0.15, -0.1) is 0 Å². The molecule has 6 nitrogen and oxygen atoms in total. The monoisotopic (exact) mass is 263 g/mol. The van der Waals surface area contributed by atoms with E-state index in [4.69, 9.17) is 5.11 Å². The molecule has 6 heteroatoms. The molecule has 2 aliphatic rings. The van der Waals surface area contributed by atoms with Crippen LogP contribution in [0.4, 0.5) is 0 Å². The number of aromatic nitrogens is 2. The van der Waals surface area contributed by atoms with E-state index < -0.39 is 11.9 Å². The van der Waals surface area contributed by atoms with Crippen molar-refractivity contribution in [1.82, 2.24) is 14.5 Å². The minimum atomic E-state index is -0.855. The molecular weight excluding hydrogens is 246 g/mol. The smallest absolute Gasteiger partial charge is 0.307 e. The van der Waals surface area contributed by atoms with Gasteiger partial charge >= 0.3 is 5.97 Å². The number of carboxylic acid groups (broad SMARTS) is 1. The molecule has 3 rings (SSSR count). The van der Waals surface area contributed by atoms with Crippen molar-refractivity contribution in [2.45, 2.75) is 31.8 Å². The summed E-state index contributed by atoms with van der Waals surface area (Å²) in [6.07, 6.45) is 6.07. The summed E-state index contributed by atoms with van der Waals surface area (Å²) in [5.74, 6) is -0.828. The maximum absolute atomic E-state index is 12.4. The van der Waals surface area contributed by atoms with Crippen LogP contribution in [0.15, 0.2) is 12.4 Å². The molecule has 0 aliphatic heterocycles. The number of aryl methyl sites for hydroxylation is 1. The quantitative estimate of drug-likeness (QED) is 0.845. The molecule has 0 aromatic carbocycles. The molecule has 1 heterocycles. The number of imidazole rings is 1. The van der Waals surface area contributed by atoms with E-state index in [0.29, 0.717) is 13.0 Å². The Balaban J connectivity index is 1.70. The Hall–Kier alpha value is -1.85. The van der Waals surface area contributed by atoms with E-state index in [9.17, 15) is 9.59 Å². The molecule has 1 N–H and O–H groups in total. The summed E-state index contributed by atoms with van der Waals surface area (Å²) < 4.78 is 1.89. The van der Waals surface area contributed by atoms with Crippen LogP contribution in [0.25, 0.3) is 0 Å². The van der Waals surface area contributed by atoms with Gasteiger partial charge in [-0.05, 0) is 19.3 Å². The van der Waals surface area contributed by atoms with Gasteiger partial charge in [0.15, 0.2) is 0 Å². The number of nitrogens with zero attached hydrogens (tertiary/aromatic N) is 3. The molecule has 0 bridgehead atoms. The Morgan fingerprint density at radius 2 is 2.21 bits per heavy atom. The highest BCUT2D eigenvalue weighted by Crippen LogP contribution is 2.42. The summed E-state index contributed by atoms with van der Waals surface area (Å²) in [4.78, 5) is 29.3. The van der Waals surface area contributed by atoms with Gasteiger partial charge in [-0.3, -0.25) is 9.59 Å². The van der Waals surface area contributed by atoms with Gasteiger partial charge < -0.3 is 14.6 Å². The maximum Gasteiger partial charge on any atom is 0.307 e. The van der Waals surface area contributed by atoms with E-state index >= 15 is 0 Å². The standard InChI is InChI=1S/C13H17N3O3/c1-15-5-4-14-11(15)7-16(8-2-3-8)12(17)9-6-10(9)13(18)19/h4-5,8-10H,2-3,6-7H2,1H3,(H,18,19). The normalized spacial score (nSPS) is 25.1. The largest absolute Gasteiger partial charge is 0.481 e. The lowest BCUT2D eigenvalue weighted by molar-refractivity contribution is -0.142. The van der Waals surface area contributed by atoms with Crippen LogP contribution in [0, 0.1) is 11.8 Å². The van der Waals surface area contributed by atoms with E-state index in [1.807, 2.05) is 22.7 Å². The third-order valence-corrected chi connectivity index (χ3v) is 3.93. The van der Waals surface area contributed by atoms with Crippen LogP contribution in [0.1, 0.15) is 25.1 Å². The van der Waals surface area contributed by atoms with E-state index in [1.165, 1.54) is 0 Å². The Kier molecular flexibility index (Phi) is 2.80. The van der Waals surface area contributed by atoms with Crippen molar-refractivity contribution in [1.29, 1.82) is 0 Å². The number of carbonyl (C=O) groups is 2. The number of rotatable bonds is 5. The lowest BCUT2D eigenvalue weighted by Gasteiger charge is -2.22. The summed E-state index contributed by atoms with van der Waals surface area (Å²) in [7, 11) is 1.90. The first kappa shape index (κ1) is 12.2. The lowest BCUT2D eigenvalue weighted by Crippen LogP contribution is -2.35. The first-order valence-electron chi connectivity index (χ1n) is 6.57. The molecule has 0 radical (unpaired) electrons.